The van der Waals surface area contributed by atoms with Crippen molar-refractivity contribution >= 4 is 11.8 Å². The molecule has 0 atom stereocenters. The summed E-state index contributed by atoms with van der Waals surface area (Å²) >= 11 is 1.19. The Labute approximate surface area is 98.9 Å². The van der Waals surface area contributed by atoms with E-state index in [2.05, 4.69) is 15.2 Å². The first-order valence-corrected chi connectivity index (χ1v) is 5.73. The van der Waals surface area contributed by atoms with Crippen molar-refractivity contribution in [3.63, 3.8) is 0 Å². The Bertz CT molecular complexity index is 509. The minimum atomic E-state index is -4.48. The largest absolute Gasteiger partial charge is 0.420 e. The number of nitrogens with zero attached hydrogens (tertiary/aromatic N) is 4. The molecule has 90 valence electrons. The van der Waals surface area contributed by atoms with Gasteiger partial charge in [-0.3, -0.25) is 0 Å². The van der Waals surface area contributed by atoms with Crippen LogP contribution in [-0.2, 0) is 6.18 Å². The van der Waals surface area contributed by atoms with Crippen molar-refractivity contribution in [3.05, 3.63) is 30.2 Å². The van der Waals surface area contributed by atoms with Crippen LogP contribution in [-0.4, -0.2) is 26.2 Å². The SMILES string of the molecule is CSc1cnc(-n2nccn2)c(C(F)(F)F)c1. The monoisotopic (exact) mass is 260 g/mol. The number of pyridine rings is 1. The third-order valence-corrected chi connectivity index (χ3v) is 2.69. The molecule has 0 aromatic carbocycles. The standard InChI is InChI=1S/C9H7F3N4S/c1-17-6-4-7(9(10,11)12)8(13-5-6)16-14-2-3-15-16/h2-5H,1H3. The fourth-order valence-electron chi connectivity index (χ4n) is 1.24. The van der Waals surface area contributed by atoms with Crippen molar-refractivity contribution in [1.82, 2.24) is 20.0 Å². The van der Waals surface area contributed by atoms with Crippen molar-refractivity contribution in [1.29, 1.82) is 0 Å². The van der Waals surface area contributed by atoms with Gasteiger partial charge in [-0.1, -0.05) is 0 Å². The second kappa shape index (κ2) is 4.36. The lowest BCUT2D eigenvalue weighted by molar-refractivity contribution is -0.138. The van der Waals surface area contributed by atoms with Gasteiger partial charge in [0.2, 0.25) is 0 Å². The second-order valence-corrected chi connectivity index (χ2v) is 3.94. The van der Waals surface area contributed by atoms with Crippen LogP contribution < -0.4 is 0 Å². The van der Waals surface area contributed by atoms with Crippen molar-refractivity contribution in [2.75, 3.05) is 6.26 Å². The third-order valence-electron chi connectivity index (χ3n) is 1.99. The number of aromatic nitrogens is 4. The Morgan fingerprint density at radius 2 is 1.88 bits per heavy atom. The van der Waals surface area contributed by atoms with Crippen molar-refractivity contribution < 1.29 is 13.2 Å². The van der Waals surface area contributed by atoms with E-state index < -0.39 is 11.7 Å². The zero-order valence-electron chi connectivity index (χ0n) is 8.64. The molecule has 2 heterocycles. The zero-order valence-corrected chi connectivity index (χ0v) is 9.46. The minimum absolute atomic E-state index is 0.319. The lowest BCUT2D eigenvalue weighted by Crippen LogP contribution is -2.14. The predicted molar refractivity (Wildman–Crippen MR) is 55.9 cm³/mol. The smallest absolute Gasteiger partial charge is 0.234 e. The summed E-state index contributed by atoms with van der Waals surface area (Å²) in [5.74, 6) is -0.319. The van der Waals surface area contributed by atoms with Crippen LogP contribution in [0.15, 0.2) is 29.6 Å². The lowest BCUT2D eigenvalue weighted by atomic mass is 10.2. The predicted octanol–water partition coefficient (Wildman–Crippen LogP) is 2.40. The zero-order chi connectivity index (χ0) is 12.5. The Morgan fingerprint density at radius 1 is 1.24 bits per heavy atom. The highest BCUT2D eigenvalue weighted by atomic mass is 32.2. The Morgan fingerprint density at radius 3 is 2.41 bits per heavy atom. The molecule has 0 bridgehead atoms. The first kappa shape index (κ1) is 11.9. The highest BCUT2D eigenvalue weighted by Crippen LogP contribution is 2.34. The van der Waals surface area contributed by atoms with E-state index in [0.717, 1.165) is 10.9 Å². The van der Waals surface area contributed by atoms with Gasteiger partial charge in [0.05, 0.1) is 12.4 Å². The van der Waals surface area contributed by atoms with Gasteiger partial charge in [0, 0.05) is 11.1 Å². The molecule has 2 rings (SSSR count). The minimum Gasteiger partial charge on any atom is -0.234 e. The van der Waals surface area contributed by atoms with E-state index in [4.69, 9.17) is 0 Å². The highest BCUT2D eigenvalue weighted by Gasteiger charge is 2.35. The number of thioether (sulfide) groups is 1. The molecule has 0 aliphatic rings. The summed E-state index contributed by atoms with van der Waals surface area (Å²) < 4.78 is 38.5. The molecular weight excluding hydrogens is 253 g/mol. The van der Waals surface area contributed by atoms with E-state index in [1.807, 2.05) is 0 Å². The summed E-state index contributed by atoms with van der Waals surface area (Å²) in [6, 6.07) is 1.04. The molecule has 2 aromatic heterocycles. The normalized spacial score (nSPS) is 11.8. The topological polar surface area (TPSA) is 43.6 Å². The molecule has 0 aliphatic heterocycles. The summed E-state index contributed by atoms with van der Waals surface area (Å²) in [5, 5.41) is 7.30. The van der Waals surface area contributed by atoms with Crippen LogP contribution in [0.25, 0.3) is 5.82 Å². The third kappa shape index (κ3) is 2.41. The molecule has 0 saturated heterocycles. The first-order valence-electron chi connectivity index (χ1n) is 4.50. The van der Waals surface area contributed by atoms with E-state index in [9.17, 15) is 13.2 Å². The second-order valence-electron chi connectivity index (χ2n) is 3.06. The summed E-state index contributed by atoms with van der Waals surface area (Å²) in [6.45, 7) is 0. The maximum atomic E-state index is 12.8. The van der Waals surface area contributed by atoms with Gasteiger partial charge in [0.1, 0.15) is 5.56 Å². The summed E-state index contributed by atoms with van der Waals surface area (Å²) in [7, 11) is 0. The number of alkyl halides is 3. The molecule has 4 nitrogen and oxygen atoms in total. The van der Waals surface area contributed by atoms with Crippen molar-refractivity contribution in [2.24, 2.45) is 0 Å². The molecule has 17 heavy (non-hydrogen) atoms. The van der Waals surface area contributed by atoms with Crippen LogP contribution >= 0.6 is 11.8 Å². The van der Waals surface area contributed by atoms with E-state index in [0.29, 0.717) is 4.90 Å². The van der Waals surface area contributed by atoms with Gasteiger partial charge < -0.3 is 0 Å². The molecule has 0 unspecified atom stereocenters. The van der Waals surface area contributed by atoms with Crippen LogP contribution in [0.1, 0.15) is 5.56 Å². The number of hydrogen-bond donors (Lipinski definition) is 0. The van der Waals surface area contributed by atoms with Crippen molar-refractivity contribution in [2.45, 2.75) is 11.1 Å². The van der Waals surface area contributed by atoms with Gasteiger partial charge in [0.25, 0.3) is 0 Å². The van der Waals surface area contributed by atoms with Gasteiger partial charge in [-0.2, -0.15) is 23.4 Å². The van der Waals surface area contributed by atoms with Crippen LogP contribution in [0, 0.1) is 0 Å². The fraction of sp³-hybridized carbons (Fsp3) is 0.222. The number of hydrogen-bond acceptors (Lipinski definition) is 4. The fourth-order valence-corrected chi connectivity index (χ4v) is 1.64. The average Bonchev–Trinajstić information content (AvgIpc) is 2.80. The average molecular weight is 260 g/mol. The van der Waals surface area contributed by atoms with Gasteiger partial charge in [-0.15, -0.1) is 16.6 Å². The quantitative estimate of drug-likeness (QED) is 0.778. The van der Waals surface area contributed by atoms with Gasteiger partial charge >= 0.3 is 6.18 Å². The number of rotatable bonds is 2. The molecule has 0 aliphatic carbocycles. The van der Waals surface area contributed by atoms with Gasteiger partial charge in [0.15, 0.2) is 5.82 Å². The van der Waals surface area contributed by atoms with Crippen LogP contribution in [0.5, 0.6) is 0 Å². The molecule has 2 aromatic rings. The number of halogens is 3. The summed E-state index contributed by atoms with van der Waals surface area (Å²) in [5.41, 5.74) is -0.847. The highest BCUT2D eigenvalue weighted by molar-refractivity contribution is 7.98. The molecule has 0 spiro atoms. The van der Waals surface area contributed by atoms with Crippen LogP contribution in [0.2, 0.25) is 0 Å². The molecule has 0 N–H and O–H groups in total. The molecule has 0 saturated carbocycles. The van der Waals surface area contributed by atoms with E-state index >= 15 is 0 Å². The van der Waals surface area contributed by atoms with Crippen molar-refractivity contribution in [3.8, 4) is 5.82 Å². The lowest BCUT2D eigenvalue weighted by Gasteiger charge is -2.11. The van der Waals surface area contributed by atoms with Gasteiger partial charge in [-0.05, 0) is 12.3 Å². The summed E-state index contributed by atoms with van der Waals surface area (Å²) in [6.07, 6.45) is 1.15. The molecule has 0 fully saturated rings. The molecule has 0 amide bonds. The Hall–Kier alpha value is -1.57. The molecule has 0 radical (unpaired) electrons. The Balaban J connectivity index is 2.59. The first-order chi connectivity index (χ1) is 8.02. The van der Waals surface area contributed by atoms with E-state index in [1.54, 1.807) is 6.26 Å². The van der Waals surface area contributed by atoms with E-state index in [1.165, 1.54) is 30.4 Å². The maximum Gasteiger partial charge on any atom is 0.420 e. The molecular formula is C9H7F3N4S. The van der Waals surface area contributed by atoms with E-state index in [-0.39, 0.29) is 5.82 Å². The maximum absolute atomic E-state index is 12.8. The Kier molecular flexibility index (Phi) is 3.05. The summed E-state index contributed by atoms with van der Waals surface area (Å²) in [4.78, 5) is 5.05. The molecule has 8 heteroatoms. The van der Waals surface area contributed by atoms with Gasteiger partial charge in [-0.25, -0.2) is 4.98 Å². The van der Waals surface area contributed by atoms with Crippen LogP contribution in [0.3, 0.4) is 0 Å². The van der Waals surface area contributed by atoms with Crippen LogP contribution in [0.4, 0.5) is 13.2 Å².